The molecule has 1 saturated carbocycles. The molecule has 3 rings (SSSR count). The molecule has 0 radical (unpaired) electrons. The van der Waals surface area contributed by atoms with E-state index in [1.54, 1.807) is 11.4 Å². The summed E-state index contributed by atoms with van der Waals surface area (Å²) in [5, 5.41) is 1.77. The Morgan fingerprint density at radius 3 is 2.90 bits per heavy atom. The summed E-state index contributed by atoms with van der Waals surface area (Å²) in [7, 11) is 1.36. The van der Waals surface area contributed by atoms with Gasteiger partial charge in [-0.3, -0.25) is 4.79 Å². The Balaban J connectivity index is 1.92. The highest BCUT2D eigenvalue weighted by Gasteiger charge is 2.18. The molecular weight excluding hydrogens is 286 g/mol. The van der Waals surface area contributed by atoms with Crippen LogP contribution in [0.3, 0.4) is 0 Å². The van der Waals surface area contributed by atoms with Gasteiger partial charge in [-0.25, -0.2) is 4.79 Å². The second-order valence-corrected chi connectivity index (χ2v) is 6.57. The van der Waals surface area contributed by atoms with E-state index in [0.29, 0.717) is 11.1 Å². The number of methoxy groups -OCH3 is 1. The maximum absolute atomic E-state index is 11.9. The van der Waals surface area contributed by atoms with Crippen LogP contribution in [0.15, 0.2) is 16.2 Å². The fourth-order valence-electron chi connectivity index (χ4n) is 3.21. The van der Waals surface area contributed by atoms with Crippen LogP contribution in [0.4, 0.5) is 0 Å². The Bertz CT molecular complexity index is 710. The van der Waals surface area contributed by atoms with Crippen LogP contribution in [-0.4, -0.2) is 18.1 Å². The van der Waals surface area contributed by atoms with Crippen LogP contribution in [0.25, 0.3) is 10.2 Å². The van der Waals surface area contributed by atoms with Crippen LogP contribution in [0.5, 0.6) is 0 Å². The van der Waals surface area contributed by atoms with Crippen molar-refractivity contribution in [1.29, 1.82) is 0 Å². The molecule has 2 aromatic heterocycles. The zero-order chi connectivity index (χ0) is 14.8. The highest BCUT2D eigenvalue weighted by atomic mass is 32.1. The fourth-order valence-corrected chi connectivity index (χ4v) is 4.25. The molecular formula is C16H19NO3S. The lowest BCUT2D eigenvalue weighted by molar-refractivity contribution is 0.0603. The monoisotopic (exact) mass is 305 g/mol. The van der Waals surface area contributed by atoms with Gasteiger partial charge in [0.05, 0.1) is 22.9 Å². The molecule has 0 saturated heterocycles. The lowest BCUT2D eigenvalue weighted by atomic mass is 9.98. The van der Waals surface area contributed by atoms with E-state index in [1.807, 2.05) is 0 Å². The second-order valence-electron chi connectivity index (χ2n) is 5.69. The van der Waals surface area contributed by atoms with Crippen LogP contribution < -0.4 is 5.56 Å². The number of aromatic amines is 1. The van der Waals surface area contributed by atoms with Crippen molar-refractivity contribution < 1.29 is 9.53 Å². The molecule has 112 valence electrons. The molecule has 21 heavy (non-hydrogen) atoms. The first-order valence-electron chi connectivity index (χ1n) is 7.40. The molecule has 0 unspecified atom stereocenters. The summed E-state index contributed by atoms with van der Waals surface area (Å²) < 4.78 is 5.78. The Morgan fingerprint density at radius 2 is 2.19 bits per heavy atom. The van der Waals surface area contributed by atoms with Gasteiger partial charge in [-0.05, 0) is 24.3 Å². The van der Waals surface area contributed by atoms with Crippen molar-refractivity contribution in [1.82, 2.24) is 4.98 Å². The average molecular weight is 305 g/mol. The van der Waals surface area contributed by atoms with Gasteiger partial charge >= 0.3 is 5.97 Å². The van der Waals surface area contributed by atoms with Crippen LogP contribution >= 0.6 is 11.3 Å². The van der Waals surface area contributed by atoms with Gasteiger partial charge in [0.2, 0.25) is 5.56 Å². The smallest absolute Gasteiger partial charge is 0.340 e. The lowest BCUT2D eigenvalue weighted by Gasteiger charge is -2.09. The molecule has 1 aliphatic rings. The van der Waals surface area contributed by atoms with Gasteiger partial charge in [0.15, 0.2) is 0 Å². The van der Waals surface area contributed by atoms with E-state index in [2.05, 4.69) is 4.98 Å². The summed E-state index contributed by atoms with van der Waals surface area (Å²) in [5.41, 5.74) is 1.99. The predicted octanol–water partition coefficient (Wildman–Crippen LogP) is 3.50. The number of hydrogen-bond acceptors (Lipinski definition) is 4. The van der Waals surface area contributed by atoms with Crippen LogP contribution in [0, 0.1) is 5.92 Å². The summed E-state index contributed by atoms with van der Waals surface area (Å²) >= 11 is 1.50. The number of carbonyl (C=O) groups is 1. The predicted molar refractivity (Wildman–Crippen MR) is 84.1 cm³/mol. The molecule has 1 fully saturated rings. The van der Waals surface area contributed by atoms with Gasteiger partial charge in [-0.2, -0.15) is 0 Å². The molecule has 0 bridgehead atoms. The third-order valence-electron chi connectivity index (χ3n) is 4.34. The van der Waals surface area contributed by atoms with Crippen molar-refractivity contribution >= 4 is 27.5 Å². The van der Waals surface area contributed by atoms with Gasteiger partial charge in [-0.15, -0.1) is 11.3 Å². The van der Waals surface area contributed by atoms with Crippen molar-refractivity contribution in [2.75, 3.05) is 7.11 Å². The summed E-state index contributed by atoms with van der Waals surface area (Å²) in [4.78, 5) is 26.4. The fraction of sp³-hybridized carbons (Fsp3) is 0.500. The van der Waals surface area contributed by atoms with E-state index in [9.17, 15) is 9.59 Å². The van der Waals surface area contributed by atoms with Crippen LogP contribution in [0.2, 0.25) is 0 Å². The zero-order valence-corrected chi connectivity index (χ0v) is 12.9. The topological polar surface area (TPSA) is 59.2 Å². The highest BCUT2D eigenvalue weighted by Crippen LogP contribution is 2.31. The number of hydrogen-bond donors (Lipinski definition) is 1. The standard InChI is InChI=1S/C16H19NO3S/c1-20-16(19)12-9-21-15-11(8-13(18)17-14(12)15)7-6-10-4-2-3-5-10/h8-10H,2-7H2,1H3,(H,17,18). The Labute approximate surface area is 127 Å². The molecule has 0 atom stereocenters. The number of fused-ring (bicyclic) bond motifs is 1. The number of thiophene rings is 1. The first-order chi connectivity index (χ1) is 10.2. The Hall–Kier alpha value is -1.62. The first kappa shape index (κ1) is 14.3. The second kappa shape index (κ2) is 6.02. The van der Waals surface area contributed by atoms with Gasteiger partial charge in [0.25, 0.3) is 0 Å². The molecule has 4 nitrogen and oxygen atoms in total. The normalized spacial score (nSPS) is 15.7. The third-order valence-corrected chi connectivity index (χ3v) is 5.39. The van der Waals surface area contributed by atoms with E-state index in [4.69, 9.17) is 4.74 Å². The van der Waals surface area contributed by atoms with E-state index in [0.717, 1.165) is 29.0 Å². The molecule has 2 aromatic rings. The van der Waals surface area contributed by atoms with Gasteiger partial charge in [-0.1, -0.05) is 25.7 Å². The number of nitrogens with one attached hydrogen (secondary N) is 1. The van der Waals surface area contributed by atoms with Crippen molar-refractivity contribution in [3.8, 4) is 0 Å². The Morgan fingerprint density at radius 1 is 1.43 bits per heavy atom. The summed E-state index contributed by atoms with van der Waals surface area (Å²) in [6.07, 6.45) is 7.33. The third kappa shape index (κ3) is 2.88. The van der Waals surface area contributed by atoms with E-state index in [-0.39, 0.29) is 5.56 Å². The number of rotatable bonds is 4. The molecule has 0 aliphatic heterocycles. The molecule has 1 aliphatic carbocycles. The van der Waals surface area contributed by atoms with Crippen LogP contribution in [-0.2, 0) is 11.2 Å². The highest BCUT2D eigenvalue weighted by molar-refractivity contribution is 7.17. The lowest BCUT2D eigenvalue weighted by Crippen LogP contribution is -2.09. The molecule has 0 amide bonds. The maximum Gasteiger partial charge on any atom is 0.340 e. The summed E-state index contributed by atoms with van der Waals surface area (Å²) in [6, 6.07) is 1.68. The van der Waals surface area contributed by atoms with Crippen molar-refractivity contribution in [2.45, 2.75) is 38.5 Å². The van der Waals surface area contributed by atoms with E-state index < -0.39 is 5.97 Å². The van der Waals surface area contributed by atoms with Crippen molar-refractivity contribution in [3.05, 3.63) is 32.9 Å². The first-order valence-corrected chi connectivity index (χ1v) is 8.28. The quantitative estimate of drug-likeness (QED) is 0.880. The minimum atomic E-state index is -0.398. The van der Waals surface area contributed by atoms with Crippen molar-refractivity contribution in [3.63, 3.8) is 0 Å². The van der Waals surface area contributed by atoms with Gasteiger partial charge in [0.1, 0.15) is 0 Å². The largest absolute Gasteiger partial charge is 0.465 e. The van der Waals surface area contributed by atoms with E-state index >= 15 is 0 Å². The number of esters is 1. The molecule has 2 heterocycles. The van der Waals surface area contributed by atoms with Gasteiger partial charge in [0, 0.05) is 11.4 Å². The number of H-pyrrole nitrogens is 1. The minimum absolute atomic E-state index is 0.146. The maximum atomic E-state index is 11.9. The number of carbonyl (C=O) groups excluding carboxylic acids is 1. The summed E-state index contributed by atoms with van der Waals surface area (Å²) in [5.74, 6) is 0.393. The zero-order valence-electron chi connectivity index (χ0n) is 12.1. The molecule has 0 aromatic carbocycles. The van der Waals surface area contributed by atoms with Crippen molar-refractivity contribution in [2.24, 2.45) is 5.92 Å². The summed E-state index contributed by atoms with van der Waals surface area (Å²) in [6.45, 7) is 0. The number of aryl methyl sites for hydroxylation is 1. The van der Waals surface area contributed by atoms with Crippen LogP contribution in [0.1, 0.15) is 48.0 Å². The SMILES string of the molecule is COC(=O)c1csc2c(CCC3CCCC3)cc(=O)[nH]c12. The van der Waals surface area contributed by atoms with E-state index in [1.165, 1.54) is 44.1 Å². The molecule has 0 spiro atoms. The minimum Gasteiger partial charge on any atom is -0.465 e. The number of aromatic nitrogens is 1. The van der Waals surface area contributed by atoms with Gasteiger partial charge < -0.3 is 9.72 Å². The number of pyridine rings is 1. The molecule has 5 heteroatoms. The average Bonchev–Trinajstić information content (AvgIpc) is 3.13. The Kier molecular flexibility index (Phi) is 4.10. The molecule has 1 N–H and O–H groups in total. The number of ether oxygens (including phenoxy) is 1.